The van der Waals surface area contributed by atoms with Gasteiger partial charge in [-0.1, -0.05) is 71.8 Å². The fraction of sp³-hybridized carbons (Fsp3) is 0.581. The first-order valence-corrected chi connectivity index (χ1v) is 16.0. The molecule has 9 heteroatoms. The van der Waals surface area contributed by atoms with Crippen molar-refractivity contribution in [1.82, 2.24) is 9.80 Å². The number of nitrogens with zero attached hydrogens (tertiary/aromatic N) is 2. The minimum atomic E-state index is -0.814. The summed E-state index contributed by atoms with van der Waals surface area (Å²) in [6, 6.07) is 8.21. The number of rotatable bonds is 14. The number of alkyl halides is 1. The summed E-state index contributed by atoms with van der Waals surface area (Å²) in [6.07, 6.45) is 6.66. The number of esters is 1. The number of thioether (sulfide) groups is 1. The van der Waals surface area contributed by atoms with Gasteiger partial charge in [-0.05, 0) is 38.2 Å². The van der Waals surface area contributed by atoms with E-state index in [2.05, 4.69) is 36.0 Å². The summed E-state index contributed by atoms with van der Waals surface area (Å²) < 4.78 is 4.82. The van der Waals surface area contributed by atoms with Gasteiger partial charge < -0.3 is 19.6 Å². The van der Waals surface area contributed by atoms with Gasteiger partial charge in [0.15, 0.2) is 0 Å². The summed E-state index contributed by atoms with van der Waals surface area (Å²) in [5.74, 6) is -2.15. The van der Waals surface area contributed by atoms with Crippen molar-refractivity contribution in [3.8, 4) is 0 Å². The number of hydrogen-bond acceptors (Lipinski definition) is 6. The number of aliphatic hydroxyl groups is 1. The summed E-state index contributed by atoms with van der Waals surface area (Å²) in [5.41, 5.74) is 0.966. The molecule has 8 atom stereocenters. The van der Waals surface area contributed by atoms with Crippen LogP contribution in [-0.2, 0) is 25.5 Å². The molecule has 1 spiro atoms. The van der Waals surface area contributed by atoms with E-state index in [4.69, 9.17) is 4.74 Å². The van der Waals surface area contributed by atoms with E-state index in [1.807, 2.05) is 42.2 Å². The molecule has 40 heavy (non-hydrogen) atoms. The Morgan fingerprint density at radius 3 is 2.65 bits per heavy atom. The quantitative estimate of drug-likeness (QED) is 0.142. The highest BCUT2D eigenvalue weighted by molar-refractivity contribution is 9.09. The Bertz CT molecular complexity index is 1100. The van der Waals surface area contributed by atoms with Gasteiger partial charge >= 0.3 is 5.97 Å². The lowest BCUT2D eigenvalue weighted by Gasteiger charge is -2.41. The second-order valence-electron chi connectivity index (χ2n) is 11.1. The number of amides is 2. The molecule has 0 radical (unpaired) electrons. The number of likely N-dealkylation sites (tertiary alicyclic amines) is 1. The molecular formula is C31H41BrN2O5S. The number of hydrogen-bond donors (Lipinski definition) is 1. The van der Waals surface area contributed by atoms with Crippen molar-refractivity contribution in [3.05, 3.63) is 61.2 Å². The lowest BCUT2D eigenvalue weighted by molar-refractivity contribution is -0.154. The van der Waals surface area contributed by atoms with Crippen molar-refractivity contribution >= 4 is 45.5 Å². The Morgan fingerprint density at radius 2 is 2.02 bits per heavy atom. The van der Waals surface area contributed by atoms with Crippen LogP contribution in [-0.4, -0.2) is 85.4 Å². The predicted octanol–water partition coefficient (Wildman–Crippen LogP) is 4.38. The first-order chi connectivity index (χ1) is 19.2. The molecule has 2 bridgehead atoms. The molecule has 218 valence electrons. The van der Waals surface area contributed by atoms with Gasteiger partial charge in [0.25, 0.3) is 0 Å². The van der Waals surface area contributed by atoms with Crippen LogP contribution in [0.4, 0.5) is 0 Å². The maximum atomic E-state index is 14.6. The zero-order valence-corrected chi connectivity index (χ0v) is 25.8. The van der Waals surface area contributed by atoms with Crippen LogP contribution in [0.25, 0.3) is 0 Å². The van der Waals surface area contributed by atoms with Crippen molar-refractivity contribution in [1.29, 1.82) is 0 Å². The molecule has 0 aromatic heterocycles. The fourth-order valence-corrected chi connectivity index (χ4v) is 10.4. The van der Waals surface area contributed by atoms with Crippen LogP contribution in [0.1, 0.15) is 45.1 Å². The molecule has 1 aromatic carbocycles. The number of fused-ring (bicyclic) bond motifs is 1. The predicted molar refractivity (Wildman–Crippen MR) is 162 cm³/mol. The third-order valence-corrected chi connectivity index (χ3v) is 11.8. The topological polar surface area (TPSA) is 87.1 Å². The van der Waals surface area contributed by atoms with Crippen LogP contribution in [0.2, 0.25) is 0 Å². The van der Waals surface area contributed by atoms with E-state index in [0.29, 0.717) is 25.8 Å². The highest BCUT2D eigenvalue weighted by Crippen LogP contribution is 2.68. The van der Waals surface area contributed by atoms with Crippen molar-refractivity contribution in [2.75, 3.05) is 19.8 Å². The molecule has 3 heterocycles. The van der Waals surface area contributed by atoms with Crippen LogP contribution in [0.3, 0.4) is 0 Å². The van der Waals surface area contributed by atoms with Gasteiger partial charge in [0.05, 0.1) is 35.8 Å². The summed E-state index contributed by atoms with van der Waals surface area (Å²) in [6.45, 7) is 12.0. The lowest BCUT2D eigenvalue weighted by Crippen LogP contribution is -2.59. The standard InChI is InChI=1S/C31H41BrN2O5S/c1-5-8-16-39-30(38)24-25-28(36)34(22(19-35)17-21-13-10-9-11-14-21)27(31(25)18-23(32)26(24)40-31)29(37)33(15-7-3)20(4)12-6-2/h5,7,9-11,13-14,20,22-27,35H,1,3,6,8,12,15-19H2,2,4H3/t20?,22-,23?,24+,25+,26+,27?,31?/m1/s1. The lowest BCUT2D eigenvalue weighted by atomic mass is 9.71. The third-order valence-electron chi connectivity index (χ3n) is 8.57. The highest BCUT2D eigenvalue weighted by Gasteiger charge is 2.76. The minimum absolute atomic E-state index is 0.0450. The van der Waals surface area contributed by atoms with E-state index in [1.165, 1.54) is 0 Å². The molecule has 0 saturated carbocycles. The van der Waals surface area contributed by atoms with Crippen LogP contribution >= 0.6 is 27.7 Å². The van der Waals surface area contributed by atoms with Crippen LogP contribution < -0.4 is 0 Å². The first kappa shape index (κ1) is 30.8. The van der Waals surface area contributed by atoms with Gasteiger partial charge in [0.1, 0.15) is 6.04 Å². The highest BCUT2D eigenvalue weighted by atomic mass is 79.9. The van der Waals surface area contributed by atoms with E-state index in [-0.39, 0.29) is 41.1 Å². The summed E-state index contributed by atoms with van der Waals surface area (Å²) in [4.78, 5) is 46.0. The molecule has 3 aliphatic heterocycles. The van der Waals surface area contributed by atoms with Crippen molar-refractivity contribution in [2.24, 2.45) is 11.8 Å². The second kappa shape index (κ2) is 13.3. The minimum Gasteiger partial charge on any atom is -0.465 e. The Labute approximate surface area is 250 Å². The molecule has 0 aliphatic carbocycles. The maximum absolute atomic E-state index is 14.6. The van der Waals surface area contributed by atoms with E-state index in [0.717, 1.165) is 18.4 Å². The van der Waals surface area contributed by atoms with Gasteiger partial charge in [-0.25, -0.2) is 0 Å². The zero-order chi connectivity index (χ0) is 29.0. The smallest absolute Gasteiger partial charge is 0.310 e. The summed E-state index contributed by atoms with van der Waals surface area (Å²) in [7, 11) is 0. The molecule has 3 aliphatic rings. The molecule has 4 rings (SSSR count). The van der Waals surface area contributed by atoms with Crippen molar-refractivity contribution in [2.45, 2.75) is 78.9 Å². The molecule has 1 aromatic rings. The largest absolute Gasteiger partial charge is 0.465 e. The summed E-state index contributed by atoms with van der Waals surface area (Å²) >= 11 is 5.38. The van der Waals surface area contributed by atoms with Gasteiger partial charge in [-0.15, -0.1) is 24.9 Å². The molecule has 7 nitrogen and oxygen atoms in total. The van der Waals surface area contributed by atoms with Gasteiger partial charge in [-0.2, -0.15) is 0 Å². The normalized spacial score (nSPS) is 30.1. The molecule has 2 amide bonds. The number of carbonyl (C=O) groups excluding carboxylic acids is 3. The van der Waals surface area contributed by atoms with Crippen LogP contribution in [0.5, 0.6) is 0 Å². The number of halogens is 1. The average Bonchev–Trinajstić information content (AvgIpc) is 3.54. The zero-order valence-electron chi connectivity index (χ0n) is 23.4. The number of carbonyl (C=O) groups is 3. The van der Waals surface area contributed by atoms with Crippen LogP contribution in [0, 0.1) is 11.8 Å². The number of benzene rings is 1. The number of aliphatic hydroxyl groups excluding tert-OH is 1. The molecule has 3 saturated heterocycles. The van der Waals surface area contributed by atoms with E-state index in [1.54, 1.807) is 28.8 Å². The van der Waals surface area contributed by atoms with E-state index in [9.17, 15) is 19.5 Å². The Balaban J connectivity index is 1.79. The second-order valence-corrected chi connectivity index (χ2v) is 13.8. The summed E-state index contributed by atoms with van der Waals surface area (Å²) in [5, 5.41) is 10.5. The Hall–Kier alpha value is -2.10. The monoisotopic (exact) mass is 632 g/mol. The van der Waals surface area contributed by atoms with Gasteiger partial charge in [0.2, 0.25) is 11.8 Å². The molecular weight excluding hydrogens is 592 g/mol. The van der Waals surface area contributed by atoms with Gasteiger partial charge in [-0.3, -0.25) is 14.4 Å². The molecule has 1 N–H and O–H groups in total. The fourth-order valence-electron chi connectivity index (χ4n) is 6.84. The van der Waals surface area contributed by atoms with E-state index < -0.39 is 34.6 Å². The van der Waals surface area contributed by atoms with E-state index >= 15 is 0 Å². The first-order valence-electron chi connectivity index (χ1n) is 14.2. The SMILES string of the molecule is C=CCCOC(=O)[C@H]1[C@H]2C(=O)N([C@@H](CO)Cc3ccccc3)C(C(=O)N(CC=C)C(C)CCC)C23CC(Br)[C@@H]1S3. The number of ether oxygens (including phenoxy) is 1. The molecule has 4 unspecified atom stereocenters. The average molecular weight is 634 g/mol. The molecule has 3 fully saturated rings. The Kier molecular flexibility index (Phi) is 10.2. The Morgan fingerprint density at radius 1 is 1.30 bits per heavy atom. The third kappa shape index (κ3) is 5.53. The van der Waals surface area contributed by atoms with Crippen molar-refractivity contribution < 1.29 is 24.2 Å². The maximum Gasteiger partial charge on any atom is 0.310 e. The van der Waals surface area contributed by atoms with Crippen LogP contribution in [0.15, 0.2) is 55.6 Å². The van der Waals surface area contributed by atoms with Gasteiger partial charge in [0, 0.05) is 22.7 Å². The van der Waals surface area contributed by atoms with Crippen molar-refractivity contribution in [3.63, 3.8) is 0 Å².